The number of aliphatic hydroxyl groups excluding tert-OH is 1. The summed E-state index contributed by atoms with van der Waals surface area (Å²) >= 11 is 0. The molecule has 2 heterocycles. The van der Waals surface area contributed by atoms with Crippen molar-refractivity contribution < 1.29 is 18.3 Å². The van der Waals surface area contributed by atoms with Gasteiger partial charge >= 0.3 is 0 Å². The van der Waals surface area contributed by atoms with Gasteiger partial charge in [-0.1, -0.05) is 0 Å². The van der Waals surface area contributed by atoms with Gasteiger partial charge in [0, 0.05) is 11.6 Å². The normalized spacial score (nSPS) is 30.8. The molecule has 1 aromatic carbocycles. The van der Waals surface area contributed by atoms with Crippen LogP contribution in [-0.4, -0.2) is 28.7 Å². The zero-order valence-corrected chi connectivity index (χ0v) is 10.5. The summed E-state index contributed by atoms with van der Waals surface area (Å²) in [6.07, 6.45) is 3.44. The van der Waals surface area contributed by atoms with Crippen molar-refractivity contribution in [3.63, 3.8) is 0 Å². The molecule has 5 heteroatoms. The van der Waals surface area contributed by atoms with Gasteiger partial charge in [0.1, 0.15) is 0 Å². The number of hydrogen-bond acceptors (Lipinski definition) is 2. The quantitative estimate of drug-likeness (QED) is 0.836. The first-order valence-electron chi connectivity index (χ1n) is 6.59. The van der Waals surface area contributed by atoms with Crippen LogP contribution >= 0.6 is 0 Å². The second kappa shape index (κ2) is 4.49. The summed E-state index contributed by atoms with van der Waals surface area (Å²) in [6.45, 7) is 0.876. The number of fused-ring (bicyclic) bond motifs is 1. The van der Waals surface area contributed by atoms with Crippen LogP contribution in [0.15, 0.2) is 12.1 Å². The Bertz CT molecular complexity index is 484. The van der Waals surface area contributed by atoms with Gasteiger partial charge in [-0.2, -0.15) is 0 Å². The van der Waals surface area contributed by atoms with Crippen LogP contribution in [0.25, 0.3) is 0 Å². The van der Waals surface area contributed by atoms with Crippen LogP contribution in [0.2, 0.25) is 0 Å². The number of aliphatic hydroxyl groups is 1. The summed E-state index contributed by atoms with van der Waals surface area (Å²) in [5.74, 6) is -3.71. The van der Waals surface area contributed by atoms with E-state index >= 15 is 0 Å². The van der Waals surface area contributed by atoms with Crippen molar-refractivity contribution in [2.24, 2.45) is 0 Å². The second-order valence-electron chi connectivity index (χ2n) is 5.53. The molecule has 0 aromatic heterocycles. The van der Waals surface area contributed by atoms with E-state index < -0.39 is 17.5 Å². The Kier molecular flexibility index (Phi) is 3.06. The molecular formula is C14H16F3NO. The molecule has 0 bridgehead atoms. The standard InChI is InChI=1S/C14H16F3NO/c15-10-6-9(7-11(16)13(10)17)12-2-4-14(8-19)3-1-5-18(12)14/h6-7,12,19H,1-5,8H2/t12-,14-/m1/s1. The molecular weight excluding hydrogens is 255 g/mol. The fourth-order valence-electron chi connectivity index (χ4n) is 3.64. The average Bonchev–Trinajstić information content (AvgIpc) is 2.93. The molecule has 0 saturated carbocycles. The lowest BCUT2D eigenvalue weighted by Gasteiger charge is -2.33. The Morgan fingerprint density at radius 1 is 1.21 bits per heavy atom. The molecule has 0 aliphatic carbocycles. The van der Waals surface area contributed by atoms with Gasteiger partial charge < -0.3 is 5.11 Å². The smallest absolute Gasteiger partial charge is 0.194 e. The summed E-state index contributed by atoms with van der Waals surface area (Å²) in [5.41, 5.74) is 0.222. The Morgan fingerprint density at radius 2 is 1.89 bits per heavy atom. The van der Waals surface area contributed by atoms with Gasteiger partial charge in [0.05, 0.1) is 6.61 Å². The number of rotatable bonds is 2. The van der Waals surface area contributed by atoms with Crippen molar-refractivity contribution >= 4 is 0 Å². The molecule has 1 aromatic rings. The predicted octanol–water partition coefficient (Wildman–Crippen LogP) is 2.77. The highest BCUT2D eigenvalue weighted by molar-refractivity contribution is 5.25. The Morgan fingerprint density at radius 3 is 2.53 bits per heavy atom. The molecule has 104 valence electrons. The first kappa shape index (κ1) is 12.9. The maximum Gasteiger partial charge on any atom is 0.194 e. The van der Waals surface area contributed by atoms with Gasteiger partial charge in [0.2, 0.25) is 0 Å². The first-order chi connectivity index (χ1) is 9.07. The molecule has 2 fully saturated rings. The molecule has 0 spiro atoms. The molecule has 3 rings (SSSR count). The number of nitrogens with zero attached hydrogens (tertiary/aromatic N) is 1. The molecule has 0 radical (unpaired) electrons. The van der Waals surface area contributed by atoms with Crippen LogP contribution in [0.4, 0.5) is 13.2 Å². The van der Waals surface area contributed by atoms with Gasteiger partial charge in [-0.3, -0.25) is 4.90 Å². The van der Waals surface area contributed by atoms with E-state index in [4.69, 9.17) is 0 Å². The number of halogens is 3. The van der Waals surface area contributed by atoms with Gasteiger partial charge in [0.25, 0.3) is 0 Å². The fraction of sp³-hybridized carbons (Fsp3) is 0.571. The van der Waals surface area contributed by atoms with E-state index in [1.807, 2.05) is 0 Å². The first-order valence-corrected chi connectivity index (χ1v) is 6.59. The highest BCUT2D eigenvalue weighted by atomic mass is 19.2. The Labute approximate surface area is 109 Å². The van der Waals surface area contributed by atoms with Gasteiger partial charge in [0.15, 0.2) is 17.5 Å². The van der Waals surface area contributed by atoms with Crippen LogP contribution in [0.1, 0.15) is 37.3 Å². The monoisotopic (exact) mass is 271 g/mol. The molecule has 2 aliphatic rings. The fourth-order valence-corrected chi connectivity index (χ4v) is 3.64. The molecule has 2 aliphatic heterocycles. The van der Waals surface area contributed by atoms with Gasteiger partial charge in [-0.15, -0.1) is 0 Å². The lowest BCUT2D eigenvalue weighted by molar-refractivity contribution is 0.0774. The minimum absolute atomic E-state index is 0.0651. The molecule has 2 nitrogen and oxygen atoms in total. The maximum absolute atomic E-state index is 13.3. The third-order valence-electron chi connectivity index (χ3n) is 4.60. The summed E-state index contributed by atoms with van der Waals surface area (Å²) < 4.78 is 39.7. The van der Waals surface area contributed by atoms with E-state index in [2.05, 4.69) is 4.90 Å². The third kappa shape index (κ3) is 1.87. The average molecular weight is 271 g/mol. The molecule has 1 N–H and O–H groups in total. The Balaban J connectivity index is 1.96. The molecule has 0 amide bonds. The van der Waals surface area contributed by atoms with E-state index in [0.29, 0.717) is 5.56 Å². The minimum Gasteiger partial charge on any atom is -0.394 e. The lowest BCUT2D eigenvalue weighted by Crippen LogP contribution is -2.42. The van der Waals surface area contributed by atoms with Crippen molar-refractivity contribution in [2.75, 3.05) is 13.2 Å². The summed E-state index contributed by atoms with van der Waals surface area (Å²) in [5, 5.41) is 9.60. The van der Waals surface area contributed by atoms with Crippen LogP contribution in [0.3, 0.4) is 0 Å². The predicted molar refractivity (Wildman–Crippen MR) is 64.0 cm³/mol. The zero-order chi connectivity index (χ0) is 13.6. The largest absolute Gasteiger partial charge is 0.394 e. The zero-order valence-electron chi connectivity index (χ0n) is 10.5. The molecule has 19 heavy (non-hydrogen) atoms. The highest BCUT2D eigenvalue weighted by Crippen LogP contribution is 2.48. The van der Waals surface area contributed by atoms with Gasteiger partial charge in [-0.05, 0) is 49.9 Å². The lowest BCUT2D eigenvalue weighted by atomic mass is 9.95. The van der Waals surface area contributed by atoms with E-state index in [-0.39, 0.29) is 18.2 Å². The van der Waals surface area contributed by atoms with Crippen molar-refractivity contribution in [3.05, 3.63) is 35.1 Å². The summed E-state index contributed by atoms with van der Waals surface area (Å²) in [6, 6.07) is 2.03. The van der Waals surface area contributed by atoms with Gasteiger partial charge in [-0.25, -0.2) is 13.2 Å². The second-order valence-corrected chi connectivity index (χ2v) is 5.53. The van der Waals surface area contributed by atoms with E-state index in [0.717, 1.165) is 44.4 Å². The number of benzene rings is 1. The molecule has 2 atom stereocenters. The highest BCUT2D eigenvalue weighted by Gasteiger charge is 2.49. The van der Waals surface area contributed by atoms with E-state index in [9.17, 15) is 18.3 Å². The molecule has 0 unspecified atom stereocenters. The number of hydrogen-bond donors (Lipinski definition) is 1. The van der Waals surface area contributed by atoms with Crippen molar-refractivity contribution in [3.8, 4) is 0 Å². The topological polar surface area (TPSA) is 23.5 Å². The van der Waals surface area contributed by atoms with Crippen LogP contribution < -0.4 is 0 Å². The van der Waals surface area contributed by atoms with E-state index in [1.54, 1.807) is 0 Å². The SMILES string of the molecule is OC[C@]12CCCN1[C@@H](c1cc(F)c(F)c(F)c1)CC2. The minimum atomic E-state index is -1.42. The van der Waals surface area contributed by atoms with Crippen molar-refractivity contribution in [2.45, 2.75) is 37.3 Å². The van der Waals surface area contributed by atoms with Crippen LogP contribution in [0.5, 0.6) is 0 Å². The van der Waals surface area contributed by atoms with E-state index in [1.165, 1.54) is 0 Å². The van der Waals surface area contributed by atoms with Crippen molar-refractivity contribution in [1.82, 2.24) is 4.90 Å². The van der Waals surface area contributed by atoms with Crippen LogP contribution in [0, 0.1) is 17.5 Å². The van der Waals surface area contributed by atoms with Crippen molar-refractivity contribution in [1.29, 1.82) is 0 Å². The third-order valence-corrected chi connectivity index (χ3v) is 4.60. The van der Waals surface area contributed by atoms with Crippen LogP contribution in [-0.2, 0) is 0 Å². The summed E-state index contributed by atoms with van der Waals surface area (Å²) in [7, 11) is 0. The summed E-state index contributed by atoms with van der Waals surface area (Å²) in [4.78, 5) is 2.12. The Hall–Kier alpha value is -1.07. The molecule has 2 saturated heterocycles. The maximum atomic E-state index is 13.3.